The highest BCUT2D eigenvalue weighted by Gasteiger charge is 2.33. The minimum absolute atomic E-state index is 0.158. The molecule has 0 saturated heterocycles. The van der Waals surface area contributed by atoms with Gasteiger partial charge in [0, 0.05) is 13.2 Å². The Morgan fingerprint density at radius 3 is 2.25 bits per heavy atom. The van der Waals surface area contributed by atoms with Crippen LogP contribution in [0.2, 0.25) is 0 Å². The van der Waals surface area contributed by atoms with E-state index in [0.29, 0.717) is 5.92 Å². The molecule has 0 spiro atoms. The van der Waals surface area contributed by atoms with Crippen molar-refractivity contribution in [1.82, 2.24) is 0 Å². The number of rotatable bonds is 3. The predicted octanol–water partition coefficient (Wildman–Crippen LogP) is 1.93. The first kappa shape index (κ1) is 10.0. The van der Waals surface area contributed by atoms with Crippen LogP contribution in [0.3, 0.4) is 0 Å². The van der Waals surface area contributed by atoms with E-state index in [-0.39, 0.29) is 11.6 Å². The molecule has 1 aliphatic carbocycles. The molecule has 1 aliphatic rings. The molecule has 0 radical (unpaired) electrons. The summed E-state index contributed by atoms with van der Waals surface area (Å²) < 4.78 is 5.39. The van der Waals surface area contributed by atoms with Gasteiger partial charge in [-0.2, -0.15) is 0 Å². The van der Waals surface area contributed by atoms with Gasteiger partial charge >= 0.3 is 0 Å². The maximum atomic E-state index is 6.14. The molecule has 2 heteroatoms. The Kier molecular flexibility index (Phi) is 3.13. The van der Waals surface area contributed by atoms with Gasteiger partial charge in [0.25, 0.3) is 0 Å². The summed E-state index contributed by atoms with van der Waals surface area (Å²) in [5, 5.41) is 0. The van der Waals surface area contributed by atoms with E-state index in [4.69, 9.17) is 10.5 Å². The number of hydrogen-bond donors (Lipinski definition) is 1. The van der Waals surface area contributed by atoms with Gasteiger partial charge in [-0.05, 0) is 32.6 Å². The van der Waals surface area contributed by atoms with Gasteiger partial charge < -0.3 is 10.5 Å². The fraction of sp³-hybridized carbons (Fsp3) is 1.00. The fourth-order valence-electron chi connectivity index (χ4n) is 2.02. The normalized spacial score (nSPS) is 23.0. The van der Waals surface area contributed by atoms with Gasteiger partial charge in [-0.3, -0.25) is 0 Å². The second-order valence-electron chi connectivity index (χ2n) is 4.38. The molecule has 0 amide bonds. The van der Waals surface area contributed by atoms with E-state index in [1.807, 2.05) is 0 Å². The third-order valence-corrected chi connectivity index (χ3v) is 3.24. The van der Waals surface area contributed by atoms with Crippen molar-refractivity contribution >= 4 is 0 Å². The van der Waals surface area contributed by atoms with Crippen LogP contribution in [-0.4, -0.2) is 18.8 Å². The Labute approximate surface area is 75.5 Å². The summed E-state index contributed by atoms with van der Waals surface area (Å²) >= 11 is 0. The third kappa shape index (κ3) is 1.99. The molecule has 2 nitrogen and oxygen atoms in total. The molecule has 0 aromatic rings. The van der Waals surface area contributed by atoms with Crippen molar-refractivity contribution in [2.24, 2.45) is 11.7 Å². The van der Waals surface area contributed by atoms with E-state index in [0.717, 1.165) is 0 Å². The van der Waals surface area contributed by atoms with E-state index < -0.39 is 0 Å². The van der Waals surface area contributed by atoms with Crippen molar-refractivity contribution in [1.29, 1.82) is 0 Å². The van der Waals surface area contributed by atoms with Crippen LogP contribution in [0.5, 0.6) is 0 Å². The lowest BCUT2D eigenvalue weighted by atomic mass is 9.86. The zero-order valence-corrected chi connectivity index (χ0v) is 8.47. The van der Waals surface area contributed by atoms with Gasteiger partial charge in [-0.1, -0.05) is 12.8 Å². The molecular weight excluding hydrogens is 150 g/mol. The highest BCUT2D eigenvalue weighted by atomic mass is 16.5. The summed E-state index contributed by atoms with van der Waals surface area (Å²) in [5.74, 6) is 0.681. The molecule has 0 aliphatic heterocycles. The smallest absolute Gasteiger partial charge is 0.0775 e. The summed E-state index contributed by atoms with van der Waals surface area (Å²) in [6, 6.07) is 0.199. The minimum Gasteiger partial charge on any atom is -0.377 e. The maximum Gasteiger partial charge on any atom is 0.0775 e. The number of hydrogen-bond acceptors (Lipinski definition) is 2. The van der Waals surface area contributed by atoms with Crippen molar-refractivity contribution in [2.45, 2.75) is 51.2 Å². The lowest BCUT2D eigenvalue weighted by molar-refractivity contribution is -0.0147. The standard InChI is InChI=1S/C10H21NO/c1-10(2,12-3)9(11)8-6-4-5-7-8/h8-9H,4-7,11H2,1-3H3. The molecule has 2 N–H and O–H groups in total. The molecular formula is C10H21NO. The van der Waals surface area contributed by atoms with Crippen molar-refractivity contribution < 1.29 is 4.74 Å². The number of nitrogens with two attached hydrogens (primary N) is 1. The van der Waals surface area contributed by atoms with Crippen molar-refractivity contribution in [3.63, 3.8) is 0 Å². The van der Waals surface area contributed by atoms with E-state index in [9.17, 15) is 0 Å². The lowest BCUT2D eigenvalue weighted by Crippen LogP contribution is -2.48. The average Bonchev–Trinajstić information content (AvgIpc) is 2.55. The first-order valence-corrected chi connectivity index (χ1v) is 4.88. The molecule has 0 aromatic carbocycles. The summed E-state index contributed by atoms with van der Waals surface area (Å²) in [7, 11) is 1.74. The topological polar surface area (TPSA) is 35.2 Å². The number of methoxy groups -OCH3 is 1. The van der Waals surface area contributed by atoms with Crippen molar-refractivity contribution in [3.05, 3.63) is 0 Å². The van der Waals surface area contributed by atoms with Crippen LogP contribution in [-0.2, 0) is 4.74 Å². The predicted molar refractivity (Wildman–Crippen MR) is 51.0 cm³/mol. The van der Waals surface area contributed by atoms with Gasteiger partial charge in [-0.15, -0.1) is 0 Å². The summed E-state index contributed by atoms with van der Waals surface area (Å²) in [5.41, 5.74) is 5.98. The van der Waals surface area contributed by atoms with Crippen LogP contribution in [0.25, 0.3) is 0 Å². The second-order valence-corrected chi connectivity index (χ2v) is 4.38. The zero-order chi connectivity index (χ0) is 9.19. The monoisotopic (exact) mass is 171 g/mol. The first-order valence-electron chi connectivity index (χ1n) is 4.88. The van der Waals surface area contributed by atoms with Gasteiger partial charge in [0.2, 0.25) is 0 Å². The summed E-state index contributed by atoms with van der Waals surface area (Å²) in [6.07, 6.45) is 5.26. The molecule has 72 valence electrons. The van der Waals surface area contributed by atoms with Crippen LogP contribution < -0.4 is 5.73 Å². The van der Waals surface area contributed by atoms with E-state index >= 15 is 0 Å². The largest absolute Gasteiger partial charge is 0.377 e. The molecule has 1 saturated carbocycles. The van der Waals surface area contributed by atoms with E-state index in [1.165, 1.54) is 25.7 Å². The Morgan fingerprint density at radius 1 is 1.33 bits per heavy atom. The van der Waals surface area contributed by atoms with Gasteiger partial charge in [0.05, 0.1) is 5.60 Å². The van der Waals surface area contributed by atoms with Crippen LogP contribution in [0.1, 0.15) is 39.5 Å². The van der Waals surface area contributed by atoms with Crippen LogP contribution in [0.15, 0.2) is 0 Å². The van der Waals surface area contributed by atoms with Crippen LogP contribution >= 0.6 is 0 Å². The number of ether oxygens (including phenoxy) is 1. The molecule has 12 heavy (non-hydrogen) atoms. The Balaban J connectivity index is 2.50. The summed E-state index contributed by atoms with van der Waals surface area (Å²) in [6.45, 7) is 4.16. The highest BCUT2D eigenvalue weighted by Crippen LogP contribution is 2.31. The molecule has 1 fully saturated rings. The fourth-order valence-corrected chi connectivity index (χ4v) is 2.02. The molecule has 0 heterocycles. The van der Waals surface area contributed by atoms with Crippen LogP contribution in [0.4, 0.5) is 0 Å². The molecule has 1 unspecified atom stereocenters. The van der Waals surface area contributed by atoms with Gasteiger partial charge in [0.15, 0.2) is 0 Å². The third-order valence-electron chi connectivity index (χ3n) is 3.24. The quantitative estimate of drug-likeness (QED) is 0.704. The Bertz CT molecular complexity index is 139. The second kappa shape index (κ2) is 3.75. The van der Waals surface area contributed by atoms with Crippen LogP contribution in [0, 0.1) is 5.92 Å². The lowest BCUT2D eigenvalue weighted by Gasteiger charge is -2.34. The Hall–Kier alpha value is -0.0800. The first-order chi connectivity index (χ1) is 5.58. The molecule has 0 aromatic heterocycles. The van der Waals surface area contributed by atoms with Crippen molar-refractivity contribution in [3.8, 4) is 0 Å². The van der Waals surface area contributed by atoms with Crippen molar-refractivity contribution in [2.75, 3.05) is 7.11 Å². The van der Waals surface area contributed by atoms with E-state index in [1.54, 1.807) is 7.11 Å². The van der Waals surface area contributed by atoms with E-state index in [2.05, 4.69) is 13.8 Å². The molecule has 1 rings (SSSR count). The zero-order valence-electron chi connectivity index (χ0n) is 8.47. The minimum atomic E-state index is -0.158. The SMILES string of the molecule is COC(C)(C)C(N)C1CCCC1. The van der Waals surface area contributed by atoms with Gasteiger partial charge in [0.1, 0.15) is 0 Å². The molecule has 1 atom stereocenters. The summed E-state index contributed by atoms with van der Waals surface area (Å²) in [4.78, 5) is 0. The molecule has 0 bridgehead atoms. The average molecular weight is 171 g/mol. The maximum absolute atomic E-state index is 6.14. The highest BCUT2D eigenvalue weighted by molar-refractivity contribution is 4.90. The van der Waals surface area contributed by atoms with Gasteiger partial charge in [-0.25, -0.2) is 0 Å². The Morgan fingerprint density at radius 2 is 1.83 bits per heavy atom.